The van der Waals surface area contributed by atoms with Crippen molar-refractivity contribution < 1.29 is 9.90 Å². The zero-order chi connectivity index (χ0) is 26.4. The van der Waals surface area contributed by atoms with E-state index in [9.17, 15) is 9.90 Å². The molecule has 212 valence electrons. The molecule has 1 saturated heterocycles. The first-order valence-electron chi connectivity index (χ1n) is 16.7. The van der Waals surface area contributed by atoms with E-state index in [4.69, 9.17) is 0 Å². The second-order valence-corrected chi connectivity index (χ2v) is 15.1. The van der Waals surface area contributed by atoms with Crippen LogP contribution in [0.25, 0.3) is 0 Å². The van der Waals surface area contributed by atoms with Crippen LogP contribution < -0.4 is 0 Å². The highest BCUT2D eigenvalue weighted by molar-refractivity contribution is 5.83. The fourth-order valence-corrected chi connectivity index (χ4v) is 11.6. The molecule has 10 unspecified atom stereocenters. The summed E-state index contributed by atoms with van der Waals surface area (Å²) >= 11 is 0. The number of unbranched alkanes of at least 4 members (excludes halogenated alkanes) is 1. The summed E-state index contributed by atoms with van der Waals surface area (Å²) in [7, 11) is 0. The number of aliphatic hydroxyl groups excluding tert-OH is 1. The van der Waals surface area contributed by atoms with E-state index < -0.39 is 0 Å². The molecule has 6 aliphatic rings. The van der Waals surface area contributed by atoms with E-state index in [1.807, 2.05) is 0 Å². The summed E-state index contributed by atoms with van der Waals surface area (Å²) in [5, 5.41) is 10.6. The van der Waals surface area contributed by atoms with E-state index in [0.29, 0.717) is 34.5 Å². The molecule has 1 aliphatic heterocycles. The van der Waals surface area contributed by atoms with Crippen molar-refractivity contribution in [3.05, 3.63) is 0 Å². The predicted octanol–water partition coefficient (Wildman–Crippen LogP) is 8.24. The van der Waals surface area contributed by atoms with Crippen LogP contribution in [0.4, 0.5) is 0 Å². The van der Waals surface area contributed by atoms with E-state index in [2.05, 4.69) is 39.5 Å². The van der Waals surface area contributed by atoms with Crippen molar-refractivity contribution in [1.29, 1.82) is 0 Å². The first kappa shape index (κ1) is 28.0. The molecule has 6 rings (SSSR count). The number of amides is 1. The van der Waals surface area contributed by atoms with Crippen LogP contribution in [-0.2, 0) is 4.79 Å². The molecule has 3 nitrogen and oxygen atoms in total. The molecule has 10 atom stereocenters. The van der Waals surface area contributed by atoms with Gasteiger partial charge in [-0.15, -0.1) is 0 Å². The number of rotatable bonds is 2. The summed E-state index contributed by atoms with van der Waals surface area (Å²) in [5.41, 5.74) is 0.843. The van der Waals surface area contributed by atoms with Crippen LogP contribution in [0.1, 0.15) is 137 Å². The monoisotopic (exact) mass is 513 g/mol. The van der Waals surface area contributed by atoms with Gasteiger partial charge in [0.1, 0.15) is 0 Å². The van der Waals surface area contributed by atoms with Crippen LogP contribution in [0.2, 0.25) is 0 Å². The maximum Gasteiger partial charge on any atom is 0.229 e. The molecule has 5 saturated carbocycles. The lowest BCUT2D eigenvalue weighted by atomic mass is 9.37. The van der Waals surface area contributed by atoms with Crippen LogP contribution in [-0.4, -0.2) is 35.1 Å². The zero-order valence-electron chi connectivity index (χ0n) is 25.1. The maximum absolute atomic E-state index is 14.0. The molecular weight excluding hydrogens is 454 g/mol. The Morgan fingerprint density at radius 1 is 0.757 bits per heavy atom. The summed E-state index contributed by atoms with van der Waals surface area (Å²) in [6, 6.07) is 0. The van der Waals surface area contributed by atoms with Crippen molar-refractivity contribution in [1.82, 2.24) is 4.90 Å². The van der Waals surface area contributed by atoms with Gasteiger partial charge in [0.25, 0.3) is 0 Å². The lowest BCUT2D eigenvalue weighted by Crippen LogP contribution is -2.62. The van der Waals surface area contributed by atoms with Gasteiger partial charge in [0, 0.05) is 13.1 Å². The predicted molar refractivity (Wildman–Crippen MR) is 153 cm³/mol. The highest BCUT2D eigenvalue weighted by Crippen LogP contribution is 2.71. The Bertz CT molecular complexity index is 804. The van der Waals surface area contributed by atoms with Gasteiger partial charge in [-0.1, -0.05) is 53.9 Å². The van der Waals surface area contributed by atoms with Gasteiger partial charge in [0.15, 0.2) is 0 Å². The fourth-order valence-electron chi connectivity index (χ4n) is 11.6. The summed E-state index contributed by atoms with van der Waals surface area (Å²) in [6.45, 7) is 14.0. The van der Waals surface area contributed by atoms with Gasteiger partial charge in [0.05, 0.1) is 11.5 Å². The van der Waals surface area contributed by atoms with Crippen molar-refractivity contribution in [3.63, 3.8) is 0 Å². The first-order chi connectivity index (χ1) is 17.7. The molecule has 3 heteroatoms. The minimum absolute atomic E-state index is 0.00767. The maximum atomic E-state index is 14.0. The van der Waals surface area contributed by atoms with Gasteiger partial charge in [-0.25, -0.2) is 0 Å². The van der Waals surface area contributed by atoms with Gasteiger partial charge in [-0.3, -0.25) is 4.79 Å². The van der Waals surface area contributed by atoms with Gasteiger partial charge < -0.3 is 10.0 Å². The number of nitrogens with zero attached hydrogens (tertiary/aromatic N) is 1. The fraction of sp³-hybridized carbons (Fsp3) is 0.971. The molecule has 0 aromatic carbocycles. The van der Waals surface area contributed by atoms with Crippen molar-refractivity contribution in [2.75, 3.05) is 13.1 Å². The quantitative estimate of drug-likeness (QED) is 0.404. The van der Waals surface area contributed by atoms with Crippen molar-refractivity contribution in [3.8, 4) is 0 Å². The lowest BCUT2D eigenvalue weighted by Gasteiger charge is -2.67. The van der Waals surface area contributed by atoms with Crippen LogP contribution in [0.5, 0.6) is 0 Å². The Balaban J connectivity index is 0.000000655. The third-order valence-corrected chi connectivity index (χ3v) is 13.6. The zero-order valence-corrected chi connectivity index (χ0v) is 25.1. The van der Waals surface area contributed by atoms with Gasteiger partial charge >= 0.3 is 0 Å². The standard InChI is InChI=1S/C30H49NO2.C4H10/c1-20-22-11-15-29(3)23-12-17-30(27(33)31-18-5-4-6-19-31)14-7-8-24(30)21(23)9-10-26(29)28(22,2)16-13-25(20)32;1-3-4-2/h20-26,32H,4-19H2,1-3H3;3-4H2,1-2H3. The minimum atomic E-state index is -0.0849. The van der Waals surface area contributed by atoms with Crippen molar-refractivity contribution in [2.45, 2.75) is 143 Å². The molecule has 0 spiro atoms. The van der Waals surface area contributed by atoms with E-state index in [1.165, 1.54) is 96.3 Å². The third-order valence-electron chi connectivity index (χ3n) is 13.6. The molecule has 1 N–H and O–H groups in total. The number of aliphatic hydroxyl groups is 1. The number of carbonyl (C=O) groups is 1. The first-order valence-corrected chi connectivity index (χ1v) is 16.7. The van der Waals surface area contributed by atoms with Gasteiger partial charge in [-0.2, -0.15) is 0 Å². The number of hydrogen-bond donors (Lipinski definition) is 1. The Morgan fingerprint density at radius 3 is 2.11 bits per heavy atom. The second kappa shape index (κ2) is 10.8. The number of carbonyl (C=O) groups excluding carboxylic acids is 1. The topological polar surface area (TPSA) is 40.5 Å². The normalized spacial score (nSPS) is 49.0. The second-order valence-electron chi connectivity index (χ2n) is 15.1. The molecular formula is C34H59NO2. The molecule has 1 amide bonds. The molecule has 0 radical (unpaired) electrons. The van der Waals surface area contributed by atoms with Crippen LogP contribution in [0, 0.1) is 51.8 Å². The highest BCUT2D eigenvalue weighted by atomic mass is 16.3. The molecule has 37 heavy (non-hydrogen) atoms. The molecule has 5 aliphatic carbocycles. The molecule has 1 heterocycles. The van der Waals surface area contributed by atoms with E-state index in [-0.39, 0.29) is 11.5 Å². The molecule has 6 fully saturated rings. The minimum Gasteiger partial charge on any atom is -0.393 e. The number of fused-ring (bicyclic) bond motifs is 7. The van der Waals surface area contributed by atoms with E-state index in [1.54, 1.807) is 0 Å². The van der Waals surface area contributed by atoms with Crippen molar-refractivity contribution >= 4 is 5.91 Å². The Morgan fingerprint density at radius 2 is 1.41 bits per heavy atom. The summed E-state index contributed by atoms with van der Waals surface area (Å²) in [5.74, 6) is 4.80. The SMILES string of the molecule is CC1C(O)CCC2(C)C1CCC1(C)C3CCC4(C(=O)N5CCCCC5)CCCC4C3CCC21.CCCC. The molecule has 0 aromatic rings. The average molecular weight is 514 g/mol. The highest BCUT2D eigenvalue weighted by Gasteiger charge is 2.66. The lowest BCUT2D eigenvalue weighted by molar-refractivity contribution is -0.198. The van der Waals surface area contributed by atoms with Crippen LogP contribution in [0.15, 0.2) is 0 Å². The van der Waals surface area contributed by atoms with Gasteiger partial charge in [0.2, 0.25) is 5.91 Å². The Kier molecular flexibility index (Phi) is 8.15. The Labute approximate surface area is 228 Å². The summed E-state index contributed by atoms with van der Waals surface area (Å²) in [4.78, 5) is 16.3. The Hall–Kier alpha value is -0.570. The average Bonchev–Trinajstić information content (AvgIpc) is 3.37. The molecule has 0 bridgehead atoms. The largest absolute Gasteiger partial charge is 0.393 e. The van der Waals surface area contributed by atoms with Gasteiger partial charge in [-0.05, 0) is 130 Å². The third kappa shape index (κ3) is 4.44. The van der Waals surface area contributed by atoms with Crippen molar-refractivity contribution in [2.24, 2.45) is 51.8 Å². The smallest absolute Gasteiger partial charge is 0.229 e. The van der Waals surface area contributed by atoms with E-state index in [0.717, 1.165) is 37.3 Å². The van der Waals surface area contributed by atoms with Crippen LogP contribution in [0.3, 0.4) is 0 Å². The number of likely N-dealkylation sites (tertiary alicyclic amines) is 1. The number of piperidine rings is 1. The molecule has 0 aromatic heterocycles. The van der Waals surface area contributed by atoms with E-state index >= 15 is 0 Å². The number of hydrogen-bond acceptors (Lipinski definition) is 2. The summed E-state index contributed by atoms with van der Waals surface area (Å²) < 4.78 is 0. The van der Waals surface area contributed by atoms with Crippen LogP contribution >= 0.6 is 0 Å². The summed E-state index contributed by atoms with van der Waals surface area (Å²) in [6.07, 6.45) is 20.2.